The van der Waals surface area contributed by atoms with E-state index in [9.17, 15) is 0 Å². The highest BCUT2D eigenvalue weighted by Crippen LogP contribution is 2.13. The minimum absolute atomic E-state index is 0.281. The predicted molar refractivity (Wildman–Crippen MR) is 101 cm³/mol. The minimum atomic E-state index is 0.281. The largest absolute Gasteiger partial charge is 0.356 e. The number of anilines is 1. The molecule has 0 atom stereocenters. The van der Waals surface area contributed by atoms with E-state index in [1.807, 2.05) is 25.4 Å². The number of piperazine rings is 1. The predicted octanol–water partition coefficient (Wildman–Crippen LogP) is 1.53. The van der Waals surface area contributed by atoms with Crippen molar-refractivity contribution in [1.82, 2.24) is 25.3 Å². The first-order valence-corrected chi connectivity index (χ1v) is 9.11. The Hall–Kier alpha value is -2.64. The molecule has 0 unspecified atom stereocenters. The SMILES string of the molecule is CN=C(NCCc1nc(C(C)C)no1)N1CCN(c2ccccn2)CC1. The summed E-state index contributed by atoms with van der Waals surface area (Å²) in [5.41, 5.74) is 0. The fraction of sp³-hybridized carbons (Fsp3) is 0.556. The number of hydrogen-bond donors (Lipinski definition) is 1. The molecule has 1 fully saturated rings. The van der Waals surface area contributed by atoms with E-state index >= 15 is 0 Å². The number of hydrogen-bond acceptors (Lipinski definition) is 6. The average Bonchev–Trinajstić information content (AvgIpc) is 3.15. The molecule has 1 N–H and O–H groups in total. The lowest BCUT2D eigenvalue weighted by Crippen LogP contribution is -2.53. The Morgan fingerprint density at radius 3 is 2.69 bits per heavy atom. The molecule has 3 heterocycles. The zero-order valence-electron chi connectivity index (χ0n) is 15.7. The lowest BCUT2D eigenvalue weighted by Gasteiger charge is -2.37. The smallest absolute Gasteiger partial charge is 0.228 e. The Kier molecular flexibility index (Phi) is 6.04. The zero-order valence-corrected chi connectivity index (χ0v) is 15.7. The highest BCUT2D eigenvalue weighted by Gasteiger charge is 2.20. The van der Waals surface area contributed by atoms with E-state index in [1.54, 1.807) is 0 Å². The minimum Gasteiger partial charge on any atom is -0.356 e. The summed E-state index contributed by atoms with van der Waals surface area (Å²) in [7, 11) is 1.82. The molecule has 26 heavy (non-hydrogen) atoms. The van der Waals surface area contributed by atoms with Crippen LogP contribution in [-0.2, 0) is 6.42 Å². The van der Waals surface area contributed by atoms with E-state index in [-0.39, 0.29) is 5.92 Å². The van der Waals surface area contributed by atoms with Crippen molar-refractivity contribution < 1.29 is 4.52 Å². The third-order valence-corrected chi connectivity index (χ3v) is 4.39. The summed E-state index contributed by atoms with van der Waals surface area (Å²) in [5, 5.41) is 7.39. The molecule has 0 saturated carbocycles. The Morgan fingerprint density at radius 2 is 2.08 bits per heavy atom. The fourth-order valence-corrected chi connectivity index (χ4v) is 2.91. The topological polar surface area (TPSA) is 82.7 Å². The normalized spacial score (nSPS) is 15.6. The molecule has 8 heteroatoms. The summed E-state index contributed by atoms with van der Waals surface area (Å²) in [5.74, 6) is 3.65. The summed E-state index contributed by atoms with van der Waals surface area (Å²) in [4.78, 5) is 17.8. The van der Waals surface area contributed by atoms with Crippen molar-refractivity contribution >= 4 is 11.8 Å². The highest BCUT2D eigenvalue weighted by molar-refractivity contribution is 5.80. The van der Waals surface area contributed by atoms with Crippen molar-refractivity contribution in [3.05, 3.63) is 36.1 Å². The molecule has 3 rings (SSSR count). The average molecular weight is 357 g/mol. The van der Waals surface area contributed by atoms with Gasteiger partial charge in [-0.05, 0) is 12.1 Å². The first kappa shape index (κ1) is 18.2. The number of rotatable bonds is 5. The number of aromatic nitrogens is 3. The van der Waals surface area contributed by atoms with Crippen molar-refractivity contribution in [2.24, 2.45) is 4.99 Å². The molecule has 0 spiro atoms. The molecule has 1 aliphatic rings. The fourth-order valence-electron chi connectivity index (χ4n) is 2.91. The quantitative estimate of drug-likeness (QED) is 0.642. The van der Waals surface area contributed by atoms with Gasteiger partial charge in [-0.25, -0.2) is 4.98 Å². The van der Waals surface area contributed by atoms with Crippen LogP contribution in [0.3, 0.4) is 0 Å². The standard InChI is InChI=1S/C18H27N7O/c1-14(2)17-22-16(26-23-17)7-9-21-18(19-3)25-12-10-24(11-13-25)15-6-4-5-8-20-15/h4-6,8,14H,7,9-13H2,1-3H3,(H,19,21). The molecule has 8 nitrogen and oxygen atoms in total. The molecule has 0 aliphatic carbocycles. The van der Waals surface area contributed by atoms with Gasteiger partial charge in [0.15, 0.2) is 11.8 Å². The van der Waals surface area contributed by atoms with Crippen LogP contribution >= 0.6 is 0 Å². The molecule has 2 aromatic rings. The summed E-state index contributed by atoms with van der Waals surface area (Å²) in [6.07, 6.45) is 2.52. The lowest BCUT2D eigenvalue weighted by atomic mass is 10.2. The van der Waals surface area contributed by atoms with E-state index in [0.29, 0.717) is 18.9 Å². The summed E-state index contributed by atoms with van der Waals surface area (Å²) in [6.45, 7) is 8.51. The molecule has 0 amide bonds. The van der Waals surface area contributed by atoms with Crippen LogP contribution < -0.4 is 10.2 Å². The number of nitrogens with one attached hydrogen (secondary N) is 1. The van der Waals surface area contributed by atoms with Gasteiger partial charge in [-0.2, -0.15) is 4.98 Å². The molecule has 2 aromatic heterocycles. The summed E-state index contributed by atoms with van der Waals surface area (Å²) >= 11 is 0. The lowest BCUT2D eigenvalue weighted by molar-refractivity contribution is 0.361. The van der Waals surface area contributed by atoms with E-state index in [4.69, 9.17) is 4.52 Å². The summed E-state index contributed by atoms with van der Waals surface area (Å²) in [6, 6.07) is 6.02. The molecule has 0 aromatic carbocycles. The van der Waals surface area contributed by atoms with Gasteiger partial charge in [0.1, 0.15) is 5.82 Å². The van der Waals surface area contributed by atoms with Gasteiger partial charge in [-0.3, -0.25) is 4.99 Å². The molecule has 0 radical (unpaired) electrons. The molecular weight excluding hydrogens is 330 g/mol. The van der Waals surface area contributed by atoms with E-state index < -0.39 is 0 Å². The number of pyridine rings is 1. The van der Waals surface area contributed by atoms with Crippen molar-refractivity contribution in [3.63, 3.8) is 0 Å². The number of nitrogens with zero attached hydrogens (tertiary/aromatic N) is 6. The van der Waals surface area contributed by atoms with Crippen molar-refractivity contribution in [1.29, 1.82) is 0 Å². The Labute approximate surface area is 154 Å². The van der Waals surface area contributed by atoms with Crippen molar-refractivity contribution in [2.45, 2.75) is 26.2 Å². The summed E-state index contributed by atoms with van der Waals surface area (Å²) < 4.78 is 5.28. The second-order valence-electron chi connectivity index (χ2n) is 6.59. The van der Waals surface area contributed by atoms with Gasteiger partial charge in [0.2, 0.25) is 5.89 Å². The van der Waals surface area contributed by atoms with Crippen LogP contribution in [0.2, 0.25) is 0 Å². The van der Waals surface area contributed by atoms with Gasteiger partial charge in [0.05, 0.1) is 0 Å². The van der Waals surface area contributed by atoms with E-state index in [1.165, 1.54) is 0 Å². The Bertz CT molecular complexity index is 705. The van der Waals surface area contributed by atoms with Crippen molar-refractivity contribution in [2.75, 3.05) is 44.7 Å². The van der Waals surface area contributed by atoms with Crippen LogP contribution in [-0.4, -0.2) is 65.8 Å². The third kappa shape index (κ3) is 4.50. The maximum Gasteiger partial charge on any atom is 0.228 e. The zero-order chi connectivity index (χ0) is 18.4. The third-order valence-electron chi connectivity index (χ3n) is 4.39. The van der Waals surface area contributed by atoms with E-state index in [2.05, 4.69) is 55.1 Å². The van der Waals surface area contributed by atoms with Gasteiger partial charge in [-0.1, -0.05) is 25.1 Å². The molecule has 1 saturated heterocycles. The van der Waals surface area contributed by atoms with Gasteiger partial charge in [-0.15, -0.1) is 0 Å². The van der Waals surface area contributed by atoms with Crippen LogP contribution in [0.25, 0.3) is 0 Å². The number of guanidine groups is 1. The second kappa shape index (κ2) is 8.64. The molecule has 1 aliphatic heterocycles. The van der Waals surface area contributed by atoms with Gasteiger partial charge >= 0.3 is 0 Å². The van der Waals surface area contributed by atoms with Crippen LogP contribution in [0, 0.1) is 0 Å². The Balaban J connectivity index is 1.46. The highest BCUT2D eigenvalue weighted by atomic mass is 16.5. The molecule has 140 valence electrons. The first-order valence-electron chi connectivity index (χ1n) is 9.11. The molecule has 0 bridgehead atoms. The van der Waals surface area contributed by atoms with Crippen LogP contribution in [0.1, 0.15) is 31.5 Å². The van der Waals surface area contributed by atoms with Gasteiger partial charge in [0.25, 0.3) is 0 Å². The van der Waals surface area contributed by atoms with Crippen molar-refractivity contribution in [3.8, 4) is 0 Å². The van der Waals surface area contributed by atoms with Crippen LogP contribution in [0.4, 0.5) is 5.82 Å². The maximum absolute atomic E-state index is 5.28. The van der Waals surface area contributed by atoms with E-state index in [0.717, 1.165) is 43.8 Å². The van der Waals surface area contributed by atoms with Crippen LogP contribution in [0.5, 0.6) is 0 Å². The van der Waals surface area contributed by atoms with Crippen LogP contribution in [0.15, 0.2) is 33.9 Å². The second-order valence-corrected chi connectivity index (χ2v) is 6.59. The molecular formula is C18H27N7O. The first-order chi connectivity index (χ1) is 12.7. The number of aliphatic imine (C=N–C) groups is 1. The van der Waals surface area contributed by atoms with Gasteiger partial charge in [0, 0.05) is 58.3 Å². The monoisotopic (exact) mass is 357 g/mol. The van der Waals surface area contributed by atoms with Gasteiger partial charge < -0.3 is 19.6 Å². The maximum atomic E-state index is 5.28. The Morgan fingerprint density at radius 1 is 1.27 bits per heavy atom.